The Morgan fingerprint density at radius 3 is 1.96 bits per heavy atom. The van der Waals surface area contributed by atoms with E-state index in [9.17, 15) is 9.90 Å². The van der Waals surface area contributed by atoms with Crippen molar-refractivity contribution in [3.8, 4) is 5.75 Å². The van der Waals surface area contributed by atoms with E-state index in [0.29, 0.717) is 12.0 Å². The second kappa shape index (κ2) is 8.21. The van der Waals surface area contributed by atoms with Gasteiger partial charge in [-0.1, -0.05) is 55.5 Å². The van der Waals surface area contributed by atoms with Gasteiger partial charge in [-0.3, -0.25) is 5.11 Å². The van der Waals surface area contributed by atoms with Gasteiger partial charge in [-0.25, -0.2) is 9.69 Å². The van der Waals surface area contributed by atoms with Crippen LogP contribution in [0.2, 0.25) is 0 Å². The molecular weight excluding hydrogens is 326 g/mol. The van der Waals surface area contributed by atoms with Gasteiger partial charge in [0.2, 0.25) is 0 Å². The van der Waals surface area contributed by atoms with Crippen molar-refractivity contribution in [2.45, 2.75) is 20.0 Å². The molecule has 0 aromatic heterocycles. The van der Waals surface area contributed by atoms with Gasteiger partial charge in [0, 0.05) is 5.56 Å². The smallest absolute Gasteiger partial charge is 0.419 e. The zero-order chi connectivity index (χ0) is 18.4. The van der Waals surface area contributed by atoms with E-state index >= 15 is 0 Å². The molecule has 0 aliphatic rings. The second-order valence-electron chi connectivity index (χ2n) is 5.81. The highest BCUT2D eigenvalue weighted by molar-refractivity contribution is 5.95. The topological polar surface area (TPSA) is 49.4 Å². The lowest BCUT2D eigenvalue weighted by atomic mass is 10.0. The third kappa shape index (κ3) is 3.86. The van der Waals surface area contributed by atoms with Crippen molar-refractivity contribution in [1.29, 1.82) is 0 Å². The first-order chi connectivity index (χ1) is 12.7. The summed E-state index contributed by atoms with van der Waals surface area (Å²) in [5.41, 5.74) is 2.87. The Hall–Kier alpha value is -3.27. The molecule has 0 spiro atoms. The highest BCUT2D eigenvalue weighted by Crippen LogP contribution is 2.27. The number of anilines is 2. The normalized spacial score (nSPS) is 10.3. The van der Waals surface area contributed by atoms with E-state index in [1.54, 1.807) is 6.07 Å². The molecule has 0 bridgehead atoms. The van der Waals surface area contributed by atoms with E-state index in [4.69, 9.17) is 4.74 Å². The lowest BCUT2D eigenvalue weighted by Crippen LogP contribution is -2.26. The quantitative estimate of drug-likeness (QED) is 0.580. The molecule has 3 aromatic rings. The van der Waals surface area contributed by atoms with Crippen LogP contribution in [0.1, 0.15) is 18.1 Å². The highest BCUT2D eigenvalue weighted by atomic mass is 16.6. The number of nitrogens with zero attached hydrogens (tertiary/aromatic N) is 1. The Kier molecular flexibility index (Phi) is 5.54. The van der Waals surface area contributed by atoms with Crippen molar-refractivity contribution in [3.63, 3.8) is 0 Å². The van der Waals surface area contributed by atoms with Crippen LogP contribution in [0.3, 0.4) is 0 Å². The van der Waals surface area contributed by atoms with E-state index in [1.165, 1.54) is 11.0 Å². The Bertz CT molecular complexity index is 824. The van der Waals surface area contributed by atoms with E-state index in [0.717, 1.165) is 16.9 Å². The van der Waals surface area contributed by atoms with Gasteiger partial charge in [0.25, 0.3) is 0 Å². The first-order valence-corrected chi connectivity index (χ1v) is 8.55. The Morgan fingerprint density at radius 2 is 1.42 bits per heavy atom. The predicted molar refractivity (Wildman–Crippen MR) is 101 cm³/mol. The number of rotatable bonds is 5. The van der Waals surface area contributed by atoms with Crippen molar-refractivity contribution >= 4 is 17.5 Å². The molecule has 0 saturated heterocycles. The third-order valence-corrected chi connectivity index (χ3v) is 4.15. The van der Waals surface area contributed by atoms with Gasteiger partial charge in [0.15, 0.2) is 5.75 Å². The van der Waals surface area contributed by atoms with Crippen molar-refractivity contribution < 1.29 is 14.6 Å². The fraction of sp³-hybridized carbons (Fsp3) is 0.136. The van der Waals surface area contributed by atoms with Crippen LogP contribution < -0.4 is 4.90 Å². The summed E-state index contributed by atoms with van der Waals surface area (Å²) in [4.78, 5) is 14.3. The summed E-state index contributed by atoms with van der Waals surface area (Å²) < 4.78 is 5.54. The molecule has 1 amide bonds. The fourth-order valence-corrected chi connectivity index (χ4v) is 2.87. The molecule has 0 aliphatic heterocycles. The number of benzene rings is 3. The average molecular weight is 346 g/mol. The zero-order valence-electron chi connectivity index (χ0n) is 14.6. The Balaban J connectivity index is 1.84. The van der Waals surface area contributed by atoms with Crippen LogP contribution in [0, 0.1) is 0 Å². The molecule has 0 unspecified atom stereocenters. The maximum absolute atomic E-state index is 12.8. The van der Waals surface area contributed by atoms with Crippen LogP contribution in [0.25, 0.3) is 0 Å². The average Bonchev–Trinajstić information content (AvgIpc) is 2.68. The Labute approximate surface area is 153 Å². The second-order valence-corrected chi connectivity index (χ2v) is 5.81. The highest BCUT2D eigenvalue weighted by Gasteiger charge is 2.20. The fourth-order valence-electron chi connectivity index (χ4n) is 2.87. The molecule has 4 heteroatoms. The van der Waals surface area contributed by atoms with Gasteiger partial charge in [-0.2, -0.15) is 0 Å². The summed E-state index contributed by atoms with van der Waals surface area (Å²) in [5, 5.41) is 11.9. The number of para-hydroxylation sites is 2. The molecule has 0 fully saturated rings. The number of hydrogen-bond acceptors (Lipinski definition) is 2. The first kappa shape index (κ1) is 17.5. The minimum Gasteiger partial charge on any atom is -0.444 e. The molecule has 0 N–H and O–H groups in total. The summed E-state index contributed by atoms with van der Waals surface area (Å²) in [6.07, 6.45) is 0.119. The number of amides is 1. The van der Waals surface area contributed by atoms with E-state index in [-0.39, 0.29) is 12.4 Å². The Morgan fingerprint density at radius 1 is 0.846 bits per heavy atom. The number of hydrogen-bond donors (Lipinski definition) is 0. The molecule has 0 aliphatic carbocycles. The van der Waals surface area contributed by atoms with Crippen molar-refractivity contribution in [3.05, 3.63) is 90.0 Å². The van der Waals surface area contributed by atoms with Crippen LogP contribution in [-0.2, 0) is 22.9 Å². The lowest BCUT2D eigenvalue weighted by Gasteiger charge is -2.22. The van der Waals surface area contributed by atoms with Crippen molar-refractivity contribution in [2.75, 3.05) is 4.90 Å². The third-order valence-electron chi connectivity index (χ3n) is 4.15. The number of carbonyl (C=O) groups excluding carboxylic acids is 1. The summed E-state index contributed by atoms with van der Waals surface area (Å²) in [5.74, 6) is -0.0241. The summed E-state index contributed by atoms with van der Waals surface area (Å²) in [6, 6.07) is 23.7. The molecule has 0 saturated carbocycles. The van der Waals surface area contributed by atoms with Crippen LogP contribution in [-0.4, -0.2) is 6.09 Å². The van der Waals surface area contributed by atoms with Crippen LogP contribution in [0.15, 0.2) is 78.9 Å². The summed E-state index contributed by atoms with van der Waals surface area (Å²) in [6.45, 7) is 1.98. The molecule has 3 rings (SSSR count). The monoisotopic (exact) mass is 346 g/mol. The van der Waals surface area contributed by atoms with Crippen LogP contribution in [0.4, 0.5) is 16.2 Å². The van der Waals surface area contributed by atoms with Crippen LogP contribution >= 0.6 is 0 Å². The summed E-state index contributed by atoms with van der Waals surface area (Å²) >= 11 is 0. The predicted octanol–water partition coefficient (Wildman–Crippen LogP) is 5.87. The van der Waals surface area contributed by atoms with Gasteiger partial charge in [0.1, 0.15) is 6.61 Å². The standard InChI is InChI=1S/C22H20NO3/c1-2-20-17(10-9-15-21(20)24)16-26-22(25)23(18-11-5-3-6-12-18)19-13-7-4-8-14-19/h3-15H,2,16H2,1H3. The molecule has 0 atom stereocenters. The molecule has 26 heavy (non-hydrogen) atoms. The lowest BCUT2D eigenvalue weighted by molar-refractivity contribution is 0.149. The summed E-state index contributed by atoms with van der Waals surface area (Å²) in [7, 11) is 0. The molecule has 131 valence electrons. The van der Waals surface area contributed by atoms with Gasteiger partial charge in [-0.15, -0.1) is 0 Å². The SMILES string of the molecule is CCc1c([O])cccc1COC(=O)N(c1ccccc1)c1ccccc1. The minimum absolute atomic E-state index is 0.0241. The molecule has 0 heterocycles. The molecule has 1 radical (unpaired) electrons. The largest absolute Gasteiger partial charge is 0.444 e. The molecule has 4 nitrogen and oxygen atoms in total. The van der Waals surface area contributed by atoms with Gasteiger partial charge >= 0.3 is 6.09 Å². The molecular formula is C22H20NO3. The first-order valence-electron chi connectivity index (χ1n) is 8.55. The number of ether oxygens (including phenoxy) is 1. The zero-order valence-corrected chi connectivity index (χ0v) is 14.6. The van der Waals surface area contributed by atoms with Gasteiger partial charge in [0.05, 0.1) is 11.4 Å². The van der Waals surface area contributed by atoms with Gasteiger partial charge < -0.3 is 4.74 Å². The van der Waals surface area contributed by atoms with Gasteiger partial charge in [-0.05, 0) is 42.3 Å². The van der Waals surface area contributed by atoms with E-state index < -0.39 is 6.09 Å². The van der Waals surface area contributed by atoms with Crippen molar-refractivity contribution in [1.82, 2.24) is 0 Å². The molecule has 3 aromatic carbocycles. The van der Waals surface area contributed by atoms with E-state index in [1.807, 2.05) is 73.7 Å². The van der Waals surface area contributed by atoms with E-state index in [2.05, 4.69) is 0 Å². The van der Waals surface area contributed by atoms with Crippen molar-refractivity contribution in [2.24, 2.45) is 0 Å². The maximum Gasteiger partial charge on any atom is 0.419 e. The van der Waals surface area contributed by atoms with Crippen LogP contribution in [0.5, 0.6) is 5.75 Å². The minimum atomic E-state index is -0.485. The maximum atomic E-state index is 12.8. The number of carbonyl (C=O) groups is 1.